The predicted molar refractivity (Wildman–Crippen MR) is 178 cm³/mol. The Morgan fingerprint density at radius 1 is 1.00 bits per heavy atom. The Labute approximate surface area is 282 Å². The van der Waals surface area contributed by atoms with E-state index in [1.165, 1.54) is 24.1 Å². The number of amides is 2. The summed E-state index contributed by atoms with van der Waals surface area (Å²) in [5.74, 6) is -0.629. The second kappa shape index (κ2) is 13.2. The van der Waals surface area contributed by atoms with Gasteiger partial charge in [0.2, 0.25) is 5.60 Å². The van der Waals surface area contributed by atoms with Crippen LogP contribution >= 0.6 is 11.6 Å². The van der Waals surface area contributed by atoms with Crippen LogP contribution in [0.25, 0.3) is 0 Å². The summed E-state index contributed by atoms with van der Waals surface area (Å²) < 4.78 is 49.1. The highest BCUT2D eigenvalue weighted by Gasteiger charge is 2.54. The van der Waals surface area contributed by atoms with Crippen LogP contribution in [0.15, 0.2) is 65.8 Å². The van der Waals surface area contributed by atoms with Gasteiger partial charge in [0.1, 0.15) is 17.5 Å². The molecule has 1 aliphatic heterocycles. The molecule has 1 atom stereocenters. The molecule has 256 valence electrons. The zero-order valence-electron chi connectivity index (χ0n) is 27.5. The number of hydrogen-bond acceptors (Lipinski definition) is 7. The van der Waals surface area contributed by atoms with Crippen LogP contribution in [-0.2, 0) is 19.8 Å². The lowest BCUT2D eigenvalue weighted by molar-refractivity contribution is -0.274. The first-order valence-corrected chi connectivity index (χ1v) is 15.8. The van der Waals surface area contributed by atoms with Crippen molar-refractivity contribution in [2.75, 3.05) is 23.9 Å². The Morgan fingerprint density at radius 3 is 2.29 bits per heavy atom. The molecule has 2 amide bonds. The third-order valence-corrected chi connectivity index (χ3v) is 8.60. The molecule has 5 rings (SSSR count). The van der Waals surface area contributed by atoms with Crippen LogP contribution in [0.1, 0.15) is 70.2 Å². The predicted octanol–water partition coefficient (Wildman–Crippen LogP) is 7.52. The molecule has 0 bridgehead atoms. The van der Waals surface area contributed by atoms with Gasteiger partial charge in [-0.25, -0.2) is 0 Å². The maximum Gasteiger partial charge on any atom is 0.573 e. The van der Waals surface area contributed by atoms with Gasteiger partial charge in [0, 0.05) is 46.4 Å². The number of carbonyl (C=O) groups excluding carboxylic acids is 2. The standard InChI is InChI=1S/C35H38ClF3N4O5/c1-20(2)40-32(45)33(4,5)48-42-21(3)23-15-25(17-27(16-23)46-6)41-30(22-7-9-24(36)10-8-22)31(44)43-19-34(13-14-34)28-12-11-26(18-29(28)43)47-35(37,38)39/h7-12,15-18,20,30,41H,13-14,19H2,1-6H3,(H,40,45)/b42-21+. The number of halogens is 4. The highest BCUT2D eigenvalue weighted by atomic mass is 35.5. The number of nitrogens with zero attached hydrogens (tertiary/aromatic N) is 2. The van der Waals surface area contributed by atoms with E-state index in [1.54, 1.807) is 69.3 Å². The second-order valence-corrected chi connectivity index (χ2v) is 13.4. The highest BCUT2D eigenvalue weighted by Crippen LogP contribution is 2.57. The summed E-state index contributed by atoms with van der Waals surface area (Å²) in [6.45, 7) is 8.97. The van der Waals surface area contributed by atoms with Crippen LogP contribution in [0.2, 0.25) is 5.02 Å². The van der Waals surface area contributed by atoms with Crippen molar-refractivity contribution in [3.8, 4) is 11.5 Å². The van der Waals surface area contributed by atoms with Crippen molar-refractivity contribution in [2.45, 2.75) is 76.9 Å². The smallest absolute Gasteiger partial charge is 0.497 e. The molecule has 1 saturated carbocycles. The fourth-order valence-corrected chi connectivity index (χ4v) is 5.74. The number of carbonyl (C=O) groups is 2. The largest absolute Gasteiger partial charge is 0.573 e. The molecule has 2 N–H and O–H groups in total. The quantitative estimate of drug-likeness (QED) is 0.160. The van der Waals surface area contributed by atoms with Crippen LogP contribution in [0.5, 0.6) is 11.5 Å². The van der Waals surface area contributed by atoms with E-state index < -0.39 is 23.8 Å². The Bertz CT molecular complexity index is 1720. The second-order valence-electron chi connectivity index (χ2n) is 12.9. The van der Waals surface area contributed by atoms with Gasteiger partial charge in [-0.05, 0) is 88.9 Å². The molecule has 48 heavy (non-hydrogen) atoms. The van der Waals surface area contributed by atoms with Gasteiger partial charge in [0.15, 0.2) is 0 Å². The van der Waals surface area contributed by atoms with Crippen molar-refractivity contribution in [1.82, 2.24) is 5.32 Å². The Kier molecular flexibility index (Phi) is 9.60. The summed E-state index contributed by atoms with van der Waals surface area (Å²) in [6.07, 6.45) is -3.24. The number of oxime groups is 1. The van der Waals surface area contributed by atoms with Crippen molar-refractivity contribution in [1.29, 1.82) is 0 Å². The number of hydrogen-bond donors (Lipinski definition) is 2. The summed E-state index contributed by atoms with van der Waals surface area (Å²) in [5.41, 5.74) is 1.78. The van der Waals surface area contributed by atoms with Gasteiger partial charge in [0.05, 0.1) is 18.5 Å². The molecule has 1 aliphatic carbocycles. The number of methoxy groups -OCH3 is 1. The lowest BCUT2D eigenvalue weighted by Gasteiger charge is -2.27. The molecule has 9 nitrogen and oxygen atoms in total. The zero-order chi connectivity index (χ0) is 35.0. The SMILES string of the molecule is COc1cc(NC(C(=O)N2CC3(CC3)c3ccc(OC(F)(F)F)cc32)c2ccc(Cl)cc2)cc(/C(C)=N/OC(C)(C)C(=O)NC(C)C)c1. The van der Waals surface area contributed by atoms with Gasteiger partial charge in [-0.15, -0.1) is 13.2 Å². The van der Waals surface area contributed by atoms with Crippen LogP contribution < -0.4 is 25.0 Å². The number of nitrogens with one attached hydrogen (secondary N) is 2. The van der Waals surface area contributed by atoms with Crippen LogP contribution in [0.3, 0.4) is 0 Å². The fourth-order valence-electron chi connectivity index (χ4n) is 5.62. The highest BCUT2D eigenvalue weighted by molar-refractivity contribution is 6.30. The first-order valence-electron chi connectivity index (χ1n) is 15.5. The average Bonchev–Trinajstić information content (AvgIpc) is 3.73. The normalized spacial score (nSPS) is 16.0. The van der Waals surface area contributed by atoms with E-state index in [-0.39, 0.29) is 23.3 Å². The van der Waals surface area contributed by atoms with Crippen molar-refractivity contribution in [3.05, 3.63) is 82.4 Å². The molecule has 0 aromatic heterocycles. The number of alkyl halides is 3. The maximum atomic E-state index is 14.5. The van der Waals surface area contributed by atoms with E-state index in [0.717, 1.165) is 18.4 Å². The molecule has 1 heterocycles. The lowest BCUT2D eigenvalue weighted by Crippen LogP contribution is -2.46. The van der Waals surface area contributed by atoms with Crippen molar-refractivity contribution in [3.63, 3.8) is 0 Å². The topological polar surface area (TPSA) is 101 Å². The van der Waals surface area contributed by atoms with E-state index in [1.807, 2.05) is 13.8 Å². The number of ether oxygens (including phenoxy) is 2. The minimum Gasteiger partial charge on any atom is -0.497 e. The Morgan fingerprint density at radius 2 is 1.69 bits per heavy atom. The van der Waals surface area contributed by atoms with Gasteiger partial charge in [-0.2, -0.15) is 0 Å². The first-order chi connectivity index (χ1) is 22.5. The van der Waals surface area contributed by atoms with Crippen LogP contribution in [0.4, 0.5) is 24.5 Å². The van der Waals surface area contributed by atoms with E-state index in [0.29, 0.717) is 45.5 Å². The minimum absolute atomic E-state index is 0.0760. The first kappa shape index (κ1) is 34.9. The van der Waals surface area contributed by atoms with E-state index in [2.05, 4.69) is 20.5 Å². The van der Waals surface area contributed by atoms with Crippen LogP contribution in [0, 0.1) is 0 Å². The monoisotopic (exact) mass is 686 g/mol. The van der Waals surface area contributed by atoms with Gasteiger partial charge in [0.25, 0.3) is 11.8 Å². The summed E-state index contributed by atoms with van der Waals surface area (Å²) in [5, 5.41) is 10.8. The molecule has 1 spiro atoms. The number of fused-ring (bicyclic) bond motifs is 2. The third-order valence-electron chi connectivity index (χ3n) is 8.34. The summed E-state index contributed by atoms with van der Waals surface area (Å²) >= 11 is 6.18. The molecule has 0 saturated heterocycles. The van der Waals surface area contributed by atoms with Gasteiger partial charge < -0.3 is 29.8 Å². The van der Waals surface area contributed by atoms with E-state index in [4.69, 9.17) is 21.2 Å². The third kappa shape index (κ3) is 7.81. The number of anilines is 2. The minimum atomic E-state index is -4.88. The van der Waals surface area contributed by atoms with Gasteiger partial charge in [-0.3, -0.25) is 9.59 Å². The van der Waals surface area contributed by atoms with Crippen molar-refractivity contribution in [2.24, 2.45) is 5.16 Å². The zero-order valence-corrected chi connectivity index (χ0v) is 28.3. The Balaban J connectivity index is 1.48. The van der Waals surface area contributed by atoms with Gasteiger partial charge >= 0.3 is 6.36 Å². The van der Waals surface area contributed by atoms with E-state index >= 15 is 0 Å². The average molecular weight is 687 g/mol. The maximum absolute atomic E-state index is 14.5. The molecule has 13 heteroatoms. The number of rotatable bonds is 11. The van der Waals surface area contributed by atoms with Crippen molar-refractivity contribution >= 4 is 40.5 Å². The molecular weight excluding hydrogens is 649 g/mol. The molecule has 3 aromatic carbocycles. The molecular formula is C35H38ClF3N4O5. The molecule has 1 unspecified atom stereocenters. The molecule has 3 aromatic rings. The summed E-state index contributed by atoms with van der Waals surface area (Å²) in [6, 6.07) is 15.1. The van der Waals surface area contributed by atoms with E-state index in [9.17, 15) is 22.8 Å². The summed E-state index contributed by atoms with van der Waals surface area (Å²) in [4.78, 5) is 34.3. The van der Waals surface area contributed by atoms with Gasteiger partial charge in [-0.1, -0.05) is 35.0 Å². The number of benzene rings is 3. The van der Waals surface area contributed by atoms with Crippen LogP contribution in [-0.4, -0.2) is 49.2 Å². The Hall–Kier alpha value is -4.45. The molecule has 0 radical (unpaired) electrons. The molecule has 1 fully saturated rings. The lowest BCUT2D eigenvalue weighted by atomic mass is 9.99. The van der Waals surface area contributed by atoms with Crippen molar-refractivity contribution < 1.29 is 37.1 Å². The molecule has 2 aliphatic rings. The fraction of sp³-hybridized carbons (Fsp3) is 0.400. The summed E-state index contributed by atoms with van der Waals surface area (Å²) in [7, 11) is 1.50.